The number of thiophene rings is 1. The number of aromatic carboxylic acids is 1. The summed E-state index contributed by atoms with van der Waals surface area (Å²) in [5.74, 6) is 0.129. The van der Waals surface area contributed by atoms with Crippen LogP contribution in [0.2, 0.25) is 5.02 Å². The van der Waals surface area contributed by atoms with E-state index in [0.29, 0.717) is 43.7 Å². The molecule has 0 radical (unpaired) electrons. The number of carboxylic acid groups (broad SMARTS) is 1. The van der Waals surface area contributed by atoms with Crippen LogP contribution >= 0.6 is 22.9 Å². The molecule has 0 fully saturated rings. The van der Waals surface area contributed by atoms with Crippen molar-refractivity contribution < 1.29 is 19.4 Å². The summed E-state index contributed by atoms with van der Waals surface area (Å²) in [5, 5.41) is 9.90. The van der Waals surface area contributed by atoms with Crippen molar-refractivity contribution in [3.63, 3.8) is 0 Å². The Bertz CT molecular complexity index is 1130. The fourth-order valence-electron chi connectivity index (χ4n) is 2.65. The Morgan fingerprint density at radius 1 is 1.30 bits per heavy atom. The first-order chi connectivity index (χ1) is 12.8. The number of aromatic nitrogens is 2. The Balaban J connectivity index is 2.03. The van der Waals surface area contributed by atoms with E-state index >= 15 is 0 Å². The largest absolute Gasteiger partial charge is 0.493 e. The third-order valence-corrected chi connectivity index (χ3v) is 5.36. The van der Waals surface area contributed by atoms with Crippen LogP contribution in [0, 0.1) is 6.92 Å². The van der Waals surface area contributed by atoms with Gasteiger partial charge in [0.05, 0.1) is 24.6 Å². The predicted molar refractivity (Wildman–Crippen MR) is 105 cm³/mol. The van der Waals surface area contributed by atoms with E-state index in [4.69, 9.17) is 21.1 Å². The van der Waals surface area contributed by atoms with Crippen molar-refractivity contribution in [2.75, 3.05) is 14.2 Å². The third-order valence-electron chi connectivity index (χ3n) is 3.90. The molecule has 2 aromatic heterocycles. The quantitative estimate of drug-likeness (QED) is 0.667. The van der Waals surface area contributed by atoms with Gasteiger partial charge in [-0.15, -0.1) is 11.3 Å². The van der Waals surface area contributed by atoms with Crippen molar-refractivity contribution in [3.05, 3.63) is 49.3 Å². The minimum Gasteiger partial charge on any atom is -0.493 e. The number of rotatable bonds is 5. The standard InChI is InChI=1S/C18H15ClN2O5S/c1-8-13-16(22)20-12(21-17(13)27-15(8)18(23)24)5-4-9-6-10(19)14(26-3)11(7-9)25-2/h4-7H,1-3H3,(H,23,24)(H,20,21,22)/b5-4+. The molecule has 9 heteroatoms. The molecule has 0 aliphatic carbocycles. The van der Waals surface area contributed by atoms with Crippen molar-refractivity contribution in [2.45, 2.75) is 6.92 Å². The van der Waals surface area contributed by atoms with E-state index in [-0.39, 0.29) is 10.4 Å². The monoisotopic (exact) mass is 406 g/mol. The first-order valence-electron chi connectivity index (χ1n) is 7.72. The van der Waals surface area contributed by atoms with E-state index in [0.717, 1.165) is 11.3 Å². The molecule has 2 heterocycles. The van der Waals surface area contributed by atoms with Gasteiger partial charge in [0.15, 0.2) is 11.5 Å². The zero-order valence-electron chi connectivity index (χ0n) is 14.6. The van der Waals surface area contributed by atoms with Gasteiger partial charge in [0.2, 0.25) is 0 Å². The van der Waals surface area contributed by atoms with E-state index in [1.807, 2.05) is 0 Å². The van der Waals surface area contributed by atoms with Gasteiger partial charge in [0.25, 0.3) is 5.56 Å². The molecule has 0 saturated heterocycles. The number of hydrogen-bond acceptors (Lipinski definition) is 6. The van der Waals surface area contributed by atoms with Gasteiger partial charge in [-0.1, -0.05) is 17.7 Å². The van der Waals surface area contributed by atoms with Crippen LogP contribution in [0.5, 0.6) is 11.5 Å². The molecule has 27 heavy (non-hydrogen) atoms. The Kier molecular flexibility index (Phi) is 5.20. The number of aryl methyl sites for hydroxylation is 1. The van der Waals surface area contributed by atoms with Gasteiger partial charge in [-0.25, -0.2) is 9.78 Å². The van der Waals surface area contributed by atoms with Crippen molar-refractivity contribution in [3.8, 4) is 11.5 Å². The summed E-state index contributed by atoms with van der Waals surface area (Å²) < 4.78 is 10.4. The second-order valence-electron chi connectivity index (χ2n) is 5.56. The number of fused-ring (bicyclic) bond motifs is 1. The van der Waals surface area contributed by atoms with Crippen LogP contribution in [-0.4, -0.2) is 35.3 Å². The van der Waals surface area contributed by atoms with Crippen LogP contribution in [0.25, 0.3) is 22.4 Å². The summed E-state index contributed by atoms with van der Waals surface area (Å²) in [7, 11) is 3.01. The summed E-state index contributed by atoms with van der Waals surface area (Å²) in [6, 6.07) is 3.42. The highest BCUT2D eigenvalue weighted by Crippen LogP contribution is 2.36. The van der Waals surface area contributed by atoms with Crippen molar-refractivity contribution in [1.29, 1.82) is 0 Å². The van der Waals surface area contributed by atoms with Gasteiger partial charge < -0.3 is 19.6 Å². The smallest absolute Gasteiger partial charge is 0.346 e. The highest BCUT2D eigenvalue weighted by Gasteiger charge is 2.18. The lowest BCUT2D eigenvalue weighted by atomic mass is 10.2. The number of H-pyrrole nitrogens is 1. The molecular formula is C18H15ClN2O5S. The number of carboxylic acids is 1. The zero-order valence-corrected chi connectivity index (χ0v) is 16.2. The number of methoxy groups -OCH3 is 2. The van der Waals surface area contributed by atoms with Crippen molar-refractivity contribution in [1.82, 2.24) is 9.97 Å². The molecule has 0 aliphatic rings. The molecule has 7 nitrogen and oxygen atoms in total. The van der Waals surface area contributed by atoms with Crippen LogP contribution in [0.3, 0.4) is 0 Å². The Labute approximate surface area is 162 Å². The molecule has 0 aliphatic heterocycles. The zero-order chi connectivity index (χ0) is 19.7. The average molecular weight is 407 g/mol. The van der Waals surface area contributed by atoms with Gasteiger partial charge in [0, 0.05) is 0 Å². The lowest BCUT2D eigenvalue weighted by Crippen LogP contribution is -2.09. The normalized spacial score (nSPS) is 11.3. The maximum Gasteiger partial charge on any atom is 0.346 e. The predicted octanol–water partition coefficient (Wildman–Crippen LogP) is 3.83. The first kappa shape index (κ1) is 18.9. The number of ether oxygens (including phenoxy) is 2. The van der Waals surface area contributed by atoms with Crippen molar-refractivity contribution >= 4 is 51.3 Å². The fourth-order valence-corrected chi connectivity index (χ4v) is 3.98. The molecule has 2 N–H and O–H groups in total. The molecule has 0 saturated carbocycles. The Morgan fingerprint density at radius 2 is 2.04 bits per heavy atom. The second kappa shape index (κ2) is 7.42. The van der Waals surface area contributed by atoms with E-state index in [9.17, 15) is 14.7 Å². The SMILES string of the molecule is COc1cc(/C=C/c2nc3sc(C(=O)O)c(C)c3c(=O)[nH]2)cc(Cl)c1OC. The maximum absolute atomic E-state index is 12.3. The van der Waals surface area contributed by atoms with Gasteiger partial charge in [-0.05, 0) is 36.3 Å². The number of hydrogen-bond donors (Lipinski definition) is 2. The summed E-state index contributed by atoms with van der Waals surface area (Å²) in [5.41, 5.74) is 0.749. The topological polar surface area (TPSA) is 102 Å². The third kappa shape index (κ3) is 3.54. The molecule has 0 amide bonds. The fraction of sp³-hybridized carbons (Fsp3) is 0.167. The highest BCUT2D eigenvalue weighted by molar-refractivity contribution is 7.20. The highest BCUT2D eigenvalue weighted by atomic mass is 35.5. The number of halogens is 1. The molecule has 0 bridgehead atoms. The molecule has 0 spiro atoms. The van der Waals surface area contributed by atoms with Crippen LogP contribution in [0.15, 0.2) is 16.9 Å². The number of nitrogens with one attached hydrogen (secondary N) is 1. The summed E-state index contributed by atoms with van der Waals surface area (Å²) >= 11 is 7.16. The minimum absolute atomic E-state index is 0.107. The second-order valence-corrected chi connectivity index (χ2v) is 6.97. The average Bonchev–Trinajstić information content (AvgIpc) is 2.96. The van der Waals surface area contributed by atoms with Crippen LogP contribution < -0.4 is 15.0 Å². The lowest BCUT2D eigenvalue weighted by Gasteiger charge is -2.10. The molecular weight excluding hydrogens is 392 g/mol. The van der Waals surface area contributed by atoms with Gasteiger partial charge in [-0.3, -0.25) is 4.79 Å². The van der Waals surface area contributed by atoms with E-state index in [1.54, 1.807) is 31.2 Å². The molecule has 3 aromatic rings. The van der Waals surface area contributed by atoms with Gasteiger partial charge >= 0.3 is 5.97 Å². The molecule has 3 rings (SSSR count). The Hall–Kier alpha value is -2.84. The minimum atomic E-state index is -1.08. The van der Waals surface area contributed by atoms with Crippen molar-refractivity contribution in [2.24, 2.45) is 0 Å². The van der Waals surface area contributed by atoms with Gasteiger partial charge in [-0.2, -0.15) is 0 Å². The molecule has 0 atom stereocenters. The summed E-state index contributed by atoms with van der Waals surface area (Å²) in [6.45, 7) is 1.60. The Morgan fingerprint density at radius 3 is 2.67 bits per heavy atom. The lowest BCUT2D eigenvalue weighted by molar-refractivity contribution is 0.0701. The summed E-state index contributed by atoms with van der Waals surface area (Å²) in [6.07, 6.45) is 3.31. The van der Waals surface area contributed by atoms with Gasteiger partial charge in [0.1, 0.15) is 15.5 Å². The number of nitrogens with zero attached hydrogens (tertiary/aromatic N) is 1. The van der Waals surface area contributed by atoms with E-state index in [1.165, 1.54) is 14.2 Å². The van der Waals surface area contributed by atoms with Crippen LogP contribution in [-0.2, 0) is 0 Å². The number of benzene rings is 1. The number of carbonyl (C=O) groups is 1. The van der Waals surface area contributed by atoms with E-state index in [2.05, 4.69) is 9.97 Å². The van der Waals surface area contributed by atoms with Crippen LogP contribution in [0.1, 0.15) is 26.6 Å². The molecule has 140 valence electrons. The van der Waals surface area contributed by atoms with Crippen LogP contribution in [0.4, 0.5) is 0 Å². The molecule has 0 unspecified atom stereocenters. The maximum atomic E-state index is 12.3. The summed E-state index contributed by atoms with van der Waals surface area (Å²) in [4.78, 5) is 31.1. The molecule has 1 aromatic carbocycles. The first-order valence-corrected chi connectivity index (χ1v) is 8.91. The number of aromatic amines is 1. The van der Waals surface area contributed by atoms with E-state index < -0.39 is 5.97 Å².